The van der Waals surface area contributed by atoms with Crippen LogP contribution in [0.1, 0.15) is 96.0 Å². The standard InChI is InChI=1S/C31H40N6O2/c1-6-24-26-16-13-22(19-32)20-37(26)35-29(24)27-18-23-14-15-25(21(2)33)34-30(23)36(27)17-11-9-7-8-10-12-28(38)39-31(3,4)5/h13-16,18,20-21H,6-12,17,33H2,1-5H3/t21-/m1/s1. The number of hydrogen-bond donors (Lipinski definition) is 1. The van der Waals surface area contributed by atoms with Crippen molar-refractivity contribution in [2.75, 3.05) is 0 Å². The number of nitriles is 1. The van der Waals surface area contributed by atoms with Gasteiger partial charge in [0.05, 0.1) is 22.5 Å². The number of carbonyl (C=O) groups is 1. The van der Waals surface area contributed by atoms with Crippen molar-refractivity contribution in [3.8, 4) is 17.5 Å². The molecule has 8 heteroatoms. The summed E-state index contributed by atoms with van der Waals surface area (Å²) in [5.41, 5.74) is 12.2. The molecule has 0 spiro atoms. The molecule has 4 heterocycles. The maximum atomic E-state index is 12.0. The highest BCUT2D eigenvalue weighted by Gasteiger charge is 2.20. The van der Waals surface area contributed by atoms with Crippen LogP contribution in [0.2, 0.25) is 0 Å². The molecule has 1 atom stereocenters. The third kappa shape index (κ3) is 6.66. The lowest BCUT2D eigenvalue weighted by Crippen LogP contribution is -2.23. The van der Waals surface area contributed by atoms with Crippen molar-refractivity contribution in [1.82, 2.24) is 19.2 Å². The molecule has 0 amide bonds. The minimum absolute atomic E-state index is 0.122. The summed E-state index contributed by atoms with van der Waals surface area (Å²) >= 11 is 0. The molecule has 4 rings (SSSR count). The number of nitrogens with zero attached hydrogens (tertiary/aromatic N) is 5. The molecule has 0 saturated heterocycles. The molecule has 2 N–H and O–H groups in total. The second kappa shape index (κ2) is 12.0. The summed E-state index contributed by atoms with van der Waals surface area (Å²) in [4.78, 5) is 16.9. The highest BCUT2D eigenvalue weighted by Crippen LogP contribution is 2.32. The molecule has 8 nitrogen and oxygen atoms in total. The van der Waals surface area contributed by atoms with Crippen molar-refractivity contribution >= 4 is 22.5 Å². The Labute approximate surface area is 230 Å². The molecule has 0 aromatic carbocycles. The molecule has 0 aliphatic rings. The molecule has 39 heavy (non-hydrogen) atoms. The minimum atomic E-state index is -0.430. The van der Waals surface area contributed by atoms with Gasteiger partial charge in [0.2, 0.25) is 0 Å². The fourth-order valence-electron chi connectivity index (χ4n) is 5.00. The van der Waals surface area contributed by atoms with Crippen LogP contribution in [-0.2, 0) is 22.5 Å². The Kier molecular flexibility index (Phi) is 8.71. The third-order valence-electron chi connectivity index (χ3n) is 6.87. The van der Waals surface area contributed by atoms with E-state index in [2.05, 4.69) is 29.7 Å². The van der Waals surface area contributed by atoms with Gasteiger partial charge in [-0.25, -0.2) is 9.50 Å². The lowest BCUT2D eigenvalue weighted by atomic mass is 10.1. The number of esters is 1. The van der Waals surface area contributed by atoms with E-state index in [0.29, 0.717) is 12.0 Å². The molecule has 206 valence electrons. The van der Waals surface area contributed by atoms with Gasteiger partial charge in [-0.3, -0.25) is 4.79 Å². The van der Waals surface area contributed by atoms with Gasteiger partial charge in [-0.05, 0) is 77.3 Å². The second-order valence-electron chi connectivity index (χ2n) is 11.3. The summed E-state index contributed by atoms with van der Waals surface area (Å²) in [6.45, 7) is 10.6. The average molecular weight is 529 g/mol. The van der Waals surface area contributed by atoms with Crippen molar-refractivity contribution in [2.45, 2.75) is 97.8 Å². The van der Waals surface area contributed by atoms with E-state index in [9.17, 15) is 10.1 Å². The summed E-state index contributed by atoms with van der Waals surface area (Å²) in [7, 11) is 0. The fraction of sp³-hybridized carbons (Fsp3) is 0.484. The SMILES string of the molecule is CCc1c(-c2cc3ccc([C@@H](C)N)nc3n2CCCCCCCC(=O)OC(C)(C)C)nn2cc(C#N)ccc12. The number of carbonyl (C=O) groups excluding carboxylic acids is 1. The van der Waals surface area contributed by atoms with Crippen molar-refractivity contribution < 1.29 is 9.53 Å². The lowest BCUT2D eigenvalue weighted by molar-refractivity contribution is -0.154. The van der Waals surface area contributed by atoms with E-state index in [4.69, 9.17) is 20.6 Å². The Morgan fingerprint density at radius 1 is 1.13 bits per heavy atom. The number of hydrogen-bond acceptors (Lipinski definition) is 6. The van der Waals surface area contributed by atoms with Crippen molar-refractivity contribution in [3.63, 3.8) is 0 Å². The Hall–Kier alpha value is -3.70. The second-order valence-corrected chi connectivity index (χ2v) is 11.3. The molecule has 0 aliphatic heterocycles. The predicted octanol–water partition coefficient (Wildman–Crippen LogP) is 6.49. The molecule has 0 radical (unpaired) electrons. The summed E-state index contributed by atoms with van der Waals surface area (Å²) in [6.07, 6.45) is 8.02. The van der Waals surface area contributed by atoms with Gasteiger partial charge in [0.25, 0.3) is 0 Å². The van der Waals surface area contributed by atoms with E-state index in [0.717, 1.165) is 84.3 Å². The lowest BCUT2D eigenvalue weighted by Gasteiger charge is -2.19. The first-order valence-corrected chi connectivity index (χ1v) is 14.0. The van der Waals surface area contributed by atoms with Crippen LogP contribution in [0.5, 0.6) is 0 Å². The highest BCUT2D eigenvalue weighted by atomic mass is 16.6. The van der Waals surface area contributed by atoms with E-state index in [1.807, 2.05) is 50.4 Å². The number of nitrogens with two attached hydrogens (primary N) is 1. The number of rotatable bonds is 11. The van der Waals surface area contributed by atoms with Crippen LogP contribution in [0, 0.1) is 11.3 Å². The van der Waals surface area contributed by atoms with E-state index in [1.165, 1.54) is 0 Å². The van der Waals surface area contributed by atoms with Crippen LogP contribution >= 0.6 is 0 Å². The van der Waals surface area contributed by atoms with E-state index in [1.54, 1.807) is 6.20 Å². The number of ether oxygens (including phenoxy) is 1. The van der Waals surface area contributed by atoms with Crippen molar-refractivity contribution in [1.29, 1.82) is 5.26 Å². The number of aromatic nitrogens is 4. The fourth-order valence-corrected chi connectivity index (χ4v) is 5.00. The molecule has 4 aromatic rings. The van der Waals surface area contributed by atoms with E-state index >= 15 is 0 Å². The quantitative estimate of drug-likeness (QED) is 0.176. The third-order valence-corrected chi connectivity index (χ3v) is 6.87. The minimum Gasteiger partial charge on any atom is -0.460 e. The van der Waals surface area contributed by atoms with Crippen LogP contribution in [0.25, 0.3) is 27.9 Å². The monoisotopic (exact) mass is 528 g/mol. The first-order chi connectivity index (χ1) is 18.6. The normalized spacial score (nSPS) is 12.6. The molecular weight excluding hydrogens is 488 g/mol. The molecule has 4 aromatic heterocycles. The van der Waals surface area contributed by atoms with Gasteiger partial charge < -0.3 is 15.0 Å². The van der Waals surface area contributed by atoms with Gasteiger partial charge in [-0.2, -0.15) is 10.4 Å². The zero-order valence-electron chi connectivity index (χ0n) is 23.8. The Bertz CT molecular complexity index is 1500. The van der Waals surface area contributed by atoms with Crippen LogP contribution in [0.3, 0.4) is 0 Å². The van der Waals surface area contributed by atoms with E-state index in [-0.39, 0.29) is 12.0 Å². The molecule has 0 bridgehead atoms. The molecular formula is C31H40N6O2. The number of unbranched alkanes of at least 4 members (excludes halogenated alkanes) is 4. The molecule has 0 fully saturated rings. The van der Waals surface area contributed by atoms with Gasteiger partial charge >= 0.3 is 5.97 Å². The first-order valence-electron chi connectivity index (χ1n) is 14.0. The zero-order chi connectivity index (χ0) is 28.2. The topological polar surface area (TPSA) is 111 Å². The van der Waals surface area contributed by atoms with Gasteiger partial charge in [0.1, 0.15) is 23.0 Å². The maximum absolute atomic E-state index is 12.0. The summed E-state index contributed by atoms with van der Waals surface area (Å²) in [5, 5.41) is 15.4. The molecule has 0 unspecified atom stereocenters. The van der Waals surface area contributed by atoms with Gasteiger partial charge in [-0.1, -0.05) is 26.2 Å². The number of fused-ring (bicyclic) bond motifs is 2. The summed E-state index contributed by atoms with van der Waals surface area (Å²) < 4.78 is 9.50. The summed E-state index contributed by atoms with van der Waals surface area (Å²) in [5.74, 6) is -0.122. The maximum Gasteiger partial charge on any atom is 0.306 e. The average Bonchev–Trinajstić information content (AvgIpc) is 3.43. The highest BCUT2D eigenvalue weighted by molar-refractivity contribution is 5.86. The van der Waals surface area contributed by atoms with Gasteiger partial charge in [0, 0.05) is 36.2 Å². The zero-order valence-corrected chi connectivity index (χ0v) is 23.8. The van der Waals surface area contributed by atoms with Crippen LogP contribution in [0.4, 0.5) is 0 Å². The van der Waals surface area contributed by atoms with Crippen molar-refractivity contribution in [3.05, 3.63) is 53.3 Å². The van der Waals surface area contributed by atoms with Crippen LogP contribution < -0.4 is 5.73 Å². The van der Waals surface area contributed by atoms with Gasteiger partial charge in [0.15, 0.2) is 0 Å². The smallest absolute Gasteiger partial charge is 0.306 e. The van der Waals surface area contributed by atoms with E-state index < -0.39 is 5.60 Å². The number of pyridine rings is 2. The Morgan fingerprint density at radius 2 is 1.87 bits per heavy atom. The van der Waals surface area contributed by atoms with Gasteiger partial charge in [-0.15, -0.1) is 0 Å². The number of aryl methyl sites for hydroxylation is 2. The summed E-state index contributed by atoms with van der Waals surface area (Å²) in [6, 6.07) is 12.1. The first kappa shape index (κ1) is 28.3. The molecule has 0 saturated carbocycles. The Morgan fingerprint density at radius 3 is 2.56 bits per heavy atom. The van der Waals surface area contributed by atoms with Crippen LogP contribution in [-0.4, -0.2) is 30.7 Å². The van der Waals surface area contributed by atoms with Crippen molar-refractivity contribution in [2.24, 2.45) is 5.73 Å². The van der Waals surface area contributed by atoms with Crippen LogP contribution in [0.15, 0.2) is 36.5 Å². The molecule has 0 aliphatic carbocycles. The predicted molar refractivity (Wildman–Crippen MR) is 154 cm³/mol. The Balaban J connectivity index is 1.55. The largest absolute Gasteiger partial charge is 0.460 e.